The molecule has 0 aliphatic carbocycles. The van der Waals surface area contributed by atoms with Crippen LogP contribution in [0.15, 0.2) is 46.6 Å². The summed E-state index contributed by atoms with van der Waals surface area (Å²) in [4.78, 5) is 4.34. The van der Waals surface area contributed by atoms with Crippen LogP contribution in [0.1, 0.15) is 30.9 Å². The van der Waals surface area contributed by atoms with Gasteiger partial charge in [-0.1, -0.05) is 42.1 Å². The van der Waals surface area contributed by atoms with Crippen LogP contribution >= 0.6 is 11.8 Å². The average molecular weight is 389 g/mol. The summed E-state index contributed by atoms with van der Waals surface area (Å²) in [6, 6.07) is 6.25. The van der Waals surface area contributed by atoms with Gasteiger partial charge in [0.05, 0.1) is 5.75 Å². The molecule has 1 aromatic carbocycles. The van der Waals surface area contributed by atoms with Gasteiger partial charge in [-0.3, -0.25) is 4.57 Å². The van der Waals surface area contributed by atoms with Gasteiger partial charge in [0, 0.05) is 13.0 Å². The van der Waals surface area contributed by atoms with Crippen molar-refractivity contribution >= 4 is 11.8 Å². The van der Waals surface area contributed by atoms with E-state index in [0.717, 1.165) is 12.8 Å². The van der Waals surface area contributed by atoms with Gasteiger partial charge in [0.15, 0.2) is 28.4 Å². The first-order chi connectivity index (χ1) is 13.2. The molecule has 0 bridgehead atoms. The van der Waals surface area contributed by atoms with Gasteiger partial charge in [-0.25, -0.2) is 4.39 Å². The van der Waals surface area contributed by atoms with E-state index in [-0.39, 0.29) is 12.4 Å². The van der Waals surface area contributed by atoms with Crippen molar-refractivity contribution in [3.05, 3.63) is 60.3 Å². The fourth-order valence-electron chi connectivity index (χ4n) is 2.35. The van der Waals surface area contributed by atoms with Crippen LogP contribution in [0, 0.1) is 5.82 Å². The second kappa shape index (κ2) is 9.31. The molecule has 0 N–H and O–H groups in total. The molecule has 3 aromatic rings. The first kappa shape index (κ1) is 19.1. The summed E-state index contributed by atoms with van der Waals surface area (Å²) in [6.45, 7) is 6.44. The molecule has 0 fully saturated rings. The maximum Gasteiger partial charge on any atom is 0.237 e. The summed E-state index contributed by atoms with van der Waals surface area (Å²) in [7, 11) is 0. The molecule has 0 aliphatic heterocycles. The minimum Gasteiger partial charge on any atom is -0.483 e. The summed E-state index contributed by atoms with van der Waals surface area (Å²) in [6.07, 6.45) is 3.50. The highest BCUT2D eigenvalue weighted by atomic mass is 32.2. The molecular weight excluding hydrogens is 369 g/mol. The van der Waals surface area contributed by atoms with E-state index in [4.69, 9.17) is 9.26 Å². The van der Waals surface area contributed by atoms with Crippen molar-refractivity contribution < 1.29 is 13.7 Å². The van der Waals surface area contributed by atoms with E-state index < -0.39 is 5.82 Å². The first-order valence-corrected chi connectivity index (χ1v) is 9.54. The number of halogens is 1. The van der Waals surface area contributed by atoms with Crippen LogP contribution in [-0.4, -0.2) is 24.9 Å². The second-order valence-electron chi connectivity index (χ2n) is 5.66. The summed E-state index contributed by atoms with van der Waals surface area (Å²) in [5, 5.41) is 13.0. The molecule has 7 nitrogen and oxygen atoms in total. The summed E-state index contributed by atoms with van der Waals surface area (Å²) in [5.41, 5.74) is 0. The molecule has 0 saturated carbocycles. The van der Waals surface area contributed by atoms with E-state index >= 15 is 0 Å². The first-order valence-electron chi connectivity index (χ1n) is 8.55. The quantitative estimate of drug-likeness (QED) is 0.385. The molecule has 2 aromatic heterocycles. The lowest BCUT2D eigenvalue weighted by Gasteiger charge is -2.09. The minimum atomic E-state index is -0.416. The van der Waals surface area contributed by atoms with Gasteiger partial charge in [-0.2, -0.15) is 4.98 Å². The number of benzene rings is 1. The standard InChI is InChI=1S/C18H20FN5O2S/c1-3-7-15-20-17(26-23-15)12-27-18-22-21-16(24(18)10-4-2)11-25-14-9-6-5-8-13(14)19/h4-6,8-9H,2-3,7,10-12H2,1H3. The Morgan fingerprint density at radius 3 is 2.96 bits per heavy atom. The Morgan fingerprint density at radius 1 is 1.33 bits per heavy atom. The molecule has 0 radical (unpaired) electrons. The highest BCUT2D eigenvalue weighted by Gasteiger charge is 2.15. The summed E-state index contributed by atoms with van der Waals surface area (Å²) >= 11 is 1.43. The Balaban J connectivity index is 1.66. The maximum atomic E-state index is 13.7. The lowest BCUT2D eigenvalue weighted by molar-refractivity contribution is 0.275. The van der Waals surface area contributed by atoms with Gasteiger partial charge >= 0.3 is 0 Å². The molecule has 0 saturated heterocycles. The van der Waals surface area contributed by atoms with Crippen molar-refractivity contribution in [2.24, 2.45) is 0 Å². The molecule has 0 unspecified atom stereocenters. The molecular formula is C18H20FN5O2S. The number of hydrogen-bond acceptors (Lipinski definition) is 7. The Morgan fingerprint density at radius 2 is 2.19 bits per heavy atom. The summed E-state index contributed by atoms with van der Waals surface area (Å²) in [5.74, 6) is 2.08. The van der Waals surface area contributed by atoms with Gasteiger partial charge < -0.3 is 9.26 Å². The zero-order chi connectivity index (χ0) is 19.1. The fourth-order valence-corrected chi connectivity index (χ4v) is 3.15. The summed E-state index contributed by atoms with van der Waals surface area (Å²) < 4.78 is 26.3. The van der Waals surface area contributed by atoms with E-state index in [1.165, 1.54) is 17.8 Å². The van der Waals surface area contributed by atoms with E-state index in [1.807, 2.05) is 4.57 Å². The number of rotatable bonds is 10. The molecule has 0 aliphatic rings. The monoisotopic (exact) mass is 389 g/mol. The van der Waals surface area contributed by atoms with Gasteiger partial charge in [-0.05, 0) is 18.6 Å². The van der Waals surface area contributed by atoms with Crippen LogP contribution < -0.4 is 4.74 Å². The molecule has 9 heteroatoms. The fraction of sp³-hybridized carbons (Fsp3) is 0.333. The molecule has 0 atom stereocenters. The van der Waals surface area contributed by atoms with E-state index in [9.17, 15) is 4.39 Å². The third kappa shape index (κ3) is 4.94. The number of thioether (sulfide) groups is 1. The van der Waals surface area contributed by atoms with Crippen molar-refractivity contribution in [1.82, 2.24) is 24.9 Å². The number of allylic oxidation sites excluding steroid dienone is 1. The van der Waals surface area contributed by atoms with Crippen LogP contribution in [-0.2, 0) is 25.3 Å². The van der Waals surface area contributed by atoms with Crippen molar-refractivity contribution in [3.8, 4) is 5.75 Å². The molecule has 0 spiro atoms. The van der Waals surface area contributed by atoms with Crippen LogP contribution in [0.25, 0.3) is 0 Å². The smallest absolute Gasteiger partial charge is 0.237 e. The van der Waals surface area contributed by atoms with Crippen molar-refractivity contribution in [1.29, 1.82) is 0 Å². The highest BCUT2D eigenvalue weighted by molar-refractivity contribution is 7.98. The Bertz CT molecular complexity index is 896. The van der Waals surface area contributed by atoms with Crippen LogP contribution in [0.2, 0.25) is 0 Å². The van der Waals surface area contributed by atoms with Gasteiger partial charge in [0.25, 0.3) is 0 Å². The Hall–Kier alpha value is -2.68. The number of aryl methyl sites for hydroxylation is 1. The number of nitrogens with zero attached hydrogens (tertiary/aromatic N) is 5. The van der Waals surface area contributed by atoms with Crippen molar-refractivity contribution in [3.63, 3.8) is 0 Å². The molecule has 3 rings (SSSR count). The van der Waals surface area contributed by atoms with Crippen LogP contribution in [0.5, 0.6) is 5.75 Å². The number of para-hydroxylation sites is 1. The van der Waals surface area contributed by atoms with Gasteiger partial charge in [0.1, 0.15) is 6.61 Å². The number of hydrogen-bond donors (Lipinski definition) is 0. The minimum absolute atomic E-state index is 0.101. The van der Waals surface area contributed by atoms with Crippen molar-refractivity contribution in [2.45, 2.75) is 43.8 Å². The van der Waals surface area contributed by atoms with E-state index in [1.54, 1.807) is 24.3 Å². The number of aromatic nitrogens is 5. The van der Waals surface area contributed by atoms with E-state index in [2.05, 4.69) is 33.8 Å². The average Bonchev–Trinajstić information content (AvgIpc) is 3.27. The predicted octanol–water partition coefficient (Wildman–Crippen LogP) is 3.81. The third-order valence-electron chi connectivity index (χ3n) is 3.61. The molecule has 27 heavy (non-hydrogen) atoms. The predicted molar refractivity (Wildman–Crippen MR) is 98.8 cm³/mol. The topological polar surface area (TPSA) is 78.9 Å². The van der Waals surface area contributed by atoms with Gasteiger partial charge in [0.2, 0.25) is 5.89 Å². The van der Waals surface area contributed by atoms with Crippen molar-refractivity contribution in [2.75, 3.05) is 0 Å². The number of ether oxygens (including phenoxy) is 1. The molecule has 142 valence electrons. The highest BCUT2D eigenvalue weighted by Crippen LogP contribution is 2.23. The van der Waals surface area contributed by atoms with Crippen LogP contribution in [0.3, 0.4) is 0 Å². The second-order valence-corrected chi connectivity index (χ2v) is 6.60. The Kier molecular flexibility index (Phi) is 6.59. The van der Waals surface area contributed by atoms with E-state index in [0.29, 0.717) is 35.0 Å². The largest absolute Gasteiger partial charge is 0.483 e. The molecule has 0 amide bonds. The molecule has 2 heterocycles. The van der Waals surface area contributed by atoms with Gasteiger partial charge in [-0.15, -0.1) is 16.8 Å². The zero-order valence-electron chi connectivity index (χ0n) is 15.0. The SMILES string of the molecule is C=CCn1c(COc2ccccc2F)nnc1SCc1nc(CCC)no1. The lowest BCUT2D eigenvalue weighted by Crippen LogP contribution is -2.08. The van der Waals surface area contributed by atoms with Crippen LogP contribution in [0.4, 0.5) is 4.39 Å². The normalized spacial score (nSPS) is 10.9. The zero-order valence-corrected chi connectivity index (χ0v) is 15.8. The maximum absolute atomic E-state index is 13.7. The third-order valence-corrected chi connectivity index (χ3v) is 4.56. The Labute approximate surface area is 160 Å². The lowest BCUT2D eigenvalue weighted by atomic mass is 10.3.